The second kappa shape index (κ2) is 8.96. The Morgan fingerprint density at radius 2 is 1.79 bits per heavy atom. The molecule has 1 aromatic carbocycles. The number of carbonyl (C=O) groups excluding carboxylic acids is 2. The van der Waals surface area contributed by atoms with Gasteiger partial charge in [-0.15, -0.1) is 0 Å². The Labute approximate surface area is 143 Å². The Kier molecular flexibility index (Phi) is 7.30. The molecule has 0 aliphatic rings. The molecular weight excluding hydrogens is 310 g/mol. The van der Waals surface area contributed by atoms with Gasteiger partial charge in [0.15, 0.2) is 17.6 Å². The second-order valence-corrected chi connectivity index (χ2v) is 5.72. The van der Waals surface area contributed by atoms with Crippen LogP contribution in [0.5, 0.6) is 11.5 Å². The Morgan fingerprint density at radius 3 is 2.33 bits per heavy atom. The highest BCUT2D eigenvalue weighted by Crippen LogP contribution is 2.29. The van der Waals surface area contributed by atoms with Gasteiger partial charge in [-0.1, -0.05) is 6.07 Å². The summed E-state index contributed by atoms with van der Waals surface area (Å²) >= 11 is 0. The van der Waals surface area contributed by atoms with Crippen LogP contribution in [0.2, 0.25) is 0 Å². The van der Waals surface area contributed by atoms with Crippen LogP contribution in [0.25, 0.3) is 6.08 Å². The lowest BCUT2D eigenvalue weighted by Gasteiger charge is -2.16. The number of likely N-dealkylation sites (N-methyl/N-ethyl adjacent to an activating group) is 1. The lowest BCUT2D eigenvalue weighted by molar-refractivity contribution is -0.153. The molecule has 0 spiro atoms. The monoisotopic (exact) mass is 335 g/mol. The fraction of sp³-hybridized carbons (Fsp3) is 0.444. The quantitative estimate of drug-likeness (QED) is 0.566. The van der Waals surface area contributed by atoms with E-state index < -0.39 is 12.1 Å². The van der Waals surface area contributed by atoms with Gasteiger partial charge in [0.05, 0.1) is 13.2 Å². The molecule has 1 aromatic rings. The van der Waals surface area contributed by atoms with Gasteiger partial charge in [0.2, 0.25) is 0 Å². The van der Waals surface area contributed by atoms with Crippen LogP contribution in [0.1, 0.15) is 26.3 Å². The van der Waals surface area contributed by atoms with Crippen LogP contribution in [0.3, 0.4) is 0 Å². The topological polar surface area (TPSA) is 65.1 Å². The summed E-state index contributed by atoms with van der Waals surface area (Å²) in [5, 5.41) is 0. The first-order valence-electron chi connectivity index (χ1n) is 7.69. The Bertz CT molecular complexity index is 607. The minimum atomic E-state index is -0.825. The van der Waals surface area contributed by atoms with Gasteiger partial charge < -0.3 is 19.1 Å². The van der Waals surface area contributed by atoms with Crippen molar-refractivity contribution < 1.29 is 23.8 Å². The second-order valence-electron chi connectivity index (χ2n) is 5.72. The van der Waals surface area contributed by atoms with Crippen LogP contribution in [0, 0.1) is 0 Å². The summed E-state index contributed by atoms with van der Waals surface area (Å²) in [7, 11) is 4.77. The maximum Gasteiger partial charge on any atom is 0.331 e. The van der Waals surface area contributed by atoms with Crippen molar-refractivity contribution >= 4 is 18.0 Å². The van der Waals surface area contributed by atoms with E-state index in [1.807, 2.05) is 13.8 Å². The average molecular weight is 335 g/mol. The number of hydrogen-bond acceptors (Lipinski definition) is 5. The summed E-state index contributed by atoms with van der Waals surface area (Å²) in [6, 6.07) is 5.34. The normalized spacial score (nSPS) is 12.1. The van der Waals surface area contributed by atoms with E-state index in [0.29, 0.717) is 11.5 Å². The standard InChI is InChI=1S/C18H25NO5/c1-12(2)23-15-9-7-14(11-16(15)22-6)8-10-17(20)24-13(3)18(21)19(4)5/h7-13H,1-6H3/b10-8+/t13-/m0/s1. The van der Waals surface area contributed by atoms with Crippen molar-refractivity contribution in [3.8, 4) is 11.5 Å². The molecule has 0 aromatic heterocycles. The van der Waals surface area contributed by atoms with Gasteiger partial charge >= 0.3 is 5.97 Å². The number of amides is 1. The Balaban J connectivity index is 2.76. The highest BCUT2D eigenvalue weighted by atomic mass is 16.5. The third-order valence-corrected chi connectivity index (χ3v) is 3.04. The number of carbonyl (C=O) groups is 2. The number of esters is 1. The lowest BCUT2D eigenvalue weighted by atomic mass is 10.2. The zero-order valence-electron chi connectivity index (χ0n) is 15.0. The van der Waals surface area contributed by atoms with Gasteiger partial charge in [-0.25, -0.2) is 4.79 Å². The number of hydrogen-bond donors (Lipinski definition) is 0. The van der Waals surface area contributed by atoms with E-state index >= 15 is 0 Å². The largest absolute Gasteiger partial charge is 0.493 e. The van der Waals surface area contributed by atoms with E-state index in [1.54, 1.807) is 45.5 Å². The van der Waals surface area contributed by atoms with Gasteiger partial charge in [-0.3, -0.25) is 4.79 Å². The highest BCUT2D eigenvalue weighted by molar-refractivity contribution is 5.90. The fourth-order valence-corrected chi connectivity index (χ4v) is 1.93. The smallest absolute Gasteiger partial charge is 0.331 e. The molecule has 1 amide bonds. The number of rotatable bonds is 7. The molecular formula is C18H25NO5. The fourth-order valence-electron chi connectivity index (χ4n) is 1.93. The molecule has 6 heteroatoms. The van der Waals surface area contributed by atoms with Crippen molar-refractivity contribution in [1.29, 1.82) is 0 Å². The summed E-state index contributed by atoms with van der Waals surface area (Å²) in [4.78, 5) is 24.8. The van der Waals surface area contributed by atoms with Gasteiger partial charge in [0.25, 0.3) is 5.91 Å². The lowest BCUT2D eigenvalue weighted by Crippen LogP contribution is -2.34. The minimum Gasteiger partial charge on any atom is -0.493 e. The van der Waals surface area contributed by atoms with E-state index in [4.69, 9.17) is 14.2 Å². The molecule has 0 fully saturated rings. The number of benzene rings is 1. The molecule has 0 saturated carbocycles. The molecule has 1 atom stereocenters. The summed E-state index contributed by atoms with van der Waals surface area (Å²) in [5.41, 5.74) is 0.756. The maximum atomic E-state index is 11.8. The molecule has 0 heterocycles. The summed E-state index contributed by atoms with van der Waals surface area (Å²) in [5.74, 6) is 0.362. The number of ether oxygens (including phenoxy) is 3. The van der Waals surface area contributed by atoms with Crippen LogP contribution in [-0.2, 0) is 14.3 Å². The molecule has 0 aliphatic heterocycles. The predicted octanol–water partition coefficient (Wildman–Crippen LogP) is 2.52. The van der Waals surface area contributed by atoms with Crippen LogP contribution < -0.4 is 9.47 Å². The number of methoxy groups -OCH3 is 1. The number of nitrogens with zero attached hydrogens (tertiary/aromatic N) is 1. The molecule has 0 radical (unpaired) electrons. The van der Waals surface area contributed by atoms with E-state index in [-0.39, 0.29) is 12.0 Å². The summed E-state index contributed by atoms with van der Waals surface area (Å²) < 4.78 is 16.0. The third-order valence-electron chi connectivity index (χ3n) is 3.04. The zero-order valence-corrected chi connectivity index (χ0v) is 15.0. The summed E-state index contributed by atoms with van der Waals surface area (Å²) in [6.07, 6.45) is 2.08. The molecule has 0 bridgehead atoms. The van der Waals surface area contributed by atoms with Gasteiger partial charge in [-0.2, -0.15) is 0 Å². The van der Waals surface area contributed by atoms with Crippen molar-refractivity contribution in [1.82, 2.24) is 4.90 Å². The molecule has 24 heavy (non-hydrogen) atoms. The molecule has 0 aliphatic carbocycles. The highest BCUT2D eigenvalue weighted by Gasteiger charge is 2.18. The molecule has 1 rings (SSSR count). The minimum absolute atomic E-state index is 0.0333. The Morgan fingerprint density at radius 1 is 1.12 bits per heavy atom. The van der Waals surface area contributed by atoms with E-state index in [1.165, 1.54) is 17.9 Å². The van der Waals surface area contributed by atoms with E-state index in [0.717, 1.165) is 5.56 Å². The van der Waals surface area contributed by atoms with E-state index in [9.17, 15) is 9.59 Å². The van der Waals surface area contributed by atoms with Crippen molar-refractivity contribution in [2.24, 2.45) is 0 Å². The van der Waals surface area contributed by atoms with Crippen molar-refractivity contribution in [3.63, 3.8) is 0 Å². The SMILES string of the molecule is COc1cc(/C=C/C(=O)O[C@@H](C)C(=O)N(C)C)ccc1OC(C)C. The molecule has 0 N–H and O–H groups in total. The van der Waals surface area contributed by atoms with E-state index in [2.05, 4.69) is 0 Å². The van der Waals surface area contributed by atoms with Crippen molar-refractivity contribution in [2.45, 2.75) is 33.0 Å². The summed E-state index contributed by atoms with van der Waals surface area (Å²) in [6.45, 7) is 5.40. The van der Waals surface area contributed by atoms with Crippen LogP contribution in [0.15, 0.2) is 24.3 Å². The third kappa shape index (κ3) is 5.95. The van der Waals surface area contributed by atoms with Crippen LogP contribution in [-0.4, -0.2) is 50.2 Å². The van der Waals surface area contributed by atoms with Crippen molar-refractivity contribution in [2.75, 3.05) is 21.2 Å². The molecule has 6 nitrogen and oxygen atoms in total. The first-order chi connectivity index (χ1) is 11.2. The molecule has 0 unspecified atom stereocenters. The van der Waals surface area contributed by atoms with Crippen LogP contribution >= 0.6 is 0 Å². The van der Waals surface area contributed by atoms with Crippen molar-refractivity contribution in [3.05, 3.63) is 29.8 Å². The van der Waals surface area contributed by atoms with Crippen LogP contribution in [0.4, 0.5) is 0 Å². The average Bonchev–Trinajstić information content (AvgIpc) is 2.52. The maximum absolute atomic E-state index is 11.8. The predicted molar refractivity (Wildman–Crippen MR) is 92.0 cm³/mol. The van der Waals surface area contributed by atoms with Gasteiger partial charge in [-0.05, 0) is 44.5 Å². The zero-order chi connectivity index (χ0) is 18.3. The van der Waals surface area contributed by atoms with Gasteiger partial charge in [0, 0.05) is 20.2 Å². The first kappa shape index (κ1) is 19.5. The molecule has 0 saturated heterocycles. The van der Waals surface area contributed by atoms with Gasteiger partial charge in [0.1, 0.15) is 0 Å². The Hall–Kier alpha value is -2.50. The molecule has 132 valence electrons. The first-order valence-corrected chi connectivity index (χ1v) is 7.69.